The topological polar surface area (TPSA) is 6.48 Å². The predicted molar refractivity (Wildman–Crippen MR) is 30.6 cm³/mol. The lowest BCUT2D eigenvalue weighted by Crippen LogP contribution is -2.81. The Kier molecular flexibility index (Phi) is 3.05. The van der Waals surface area contributed by atoms with Gasteiger partial charge in [0.2, 0.25) is 0 Å². The number of rotatable bonds is 0. The molecule has 0 saturated carbocycles. The van der Waals surface area contributed by atoms with Crippen molar-refractivity contribution in [2.24, 2.45) is 0 Å². The Labute approximate surface area is 94.6 Å². The third-order valence-electron chi connectivity index (χ3n) is 2.03. The Morgan fingerprint density at radius 3 is 1.05 bits per heavy atom. The maximum Gasteiger partial charge on any atom is 0.469 e. The average molecular weight is 316 g/mol. The van der Waals surface area contributed by atoms with Gasteiger partial charge in [0.1, 0.15) is 0 Å². The lowest BCUT2D eigenvalue weighted by Gasteiger charge is -2.49. The molecule has 0 bridgehead atoms. The van der Waals surface area contributed by atoms with Gasteiger partial charge in [-0.1, -0.05) is 4.90 Å². The number of halogens is 12. The molecular formula is C5F12N2. The molecule has 19 heavy (non-hydrogen) atoms. The molecule has 114 valence electrons. The summed E-state index contributed by atoms with van der Waals surface area (Å²) in [5.74, 6) is 0. The van der Waals surface area contributed by atoms with Gasteiger partial charge in [0.05, 0.1) is 0 Å². The van der Waals surface area contributed by atoms with E-state index < -0.39 is 40.5 Å². The summed E-state index contributed by atoms with van der Waals surface area (Å²) < 4.78 is 148. The van der Waals surface area contributed by atoms with Crippen LogP contribution >= 0.6 is 0 Å². The molecule has 1 aliphatic rings. The summed E-state index contributed by atoms with van der Waals surface area (Å²) in [4.78, 5) is -3.68. The van der Waals surface area contributed by atoms with Gasteiger partial charge < -0.3 is 0 Å². The number of hydrogen-bond donors (Lipinski definition) is 0. The monoisotopic (exact) mass is 316 g/mol. The van der Waals surface area contributed by atoms with E-state index in [0.29, 0.717) is 0 Å². The van der Waals surface area contributed by atoms with E-state index in [2.05, 4.69) is 0 Å². The molecule has 0 unspecified atom stereocenters. The van der Waals surface area contributed by atoms with Crippen molar-refractivity contribution in [1.29, 1.82) is 0 Å². The van der Waals surface area contributed by atoms with E-state index >= 15 is 0 Å². The van der Waals surface area contributed by atoms with Gasteiger partial charge >= 0.3 is 30.5 Å². The zero-order valence-electron chi connectivity index (χ0n) is 7.93. The fraction of sp³-hybridized carbons (Fsp3) is 1.00. The molecular weight excluding hydrogens is 316 g/mol. The van der Waals surface area contributed by atoms with Crippen molar-refractivity contribution in [3.05, 3.63) is 0 Å². The van der Waals surface area contributed by atoms with Gasteiger partial charge in [0, 0.05) is 0 Å². The molecule has 1 heterocycles. The van der Waals surface area contributed by atoms with Gasteiger partial charge in [-0.2, -0.15) is 48.3 Å². The van der Waals surface area contributed by atoms with Crippen molar-refractivity contribution >= 4 is 0 Å². The number of alkyl halides is 11. The average Bonchev–Trinajstić information content (AvgIpc) is 2.10. The number of piperazine rings is 1. The van der Waals surface area contributed by atoms with E-state index in [1.165, 1.54) is 0 Å². The SMILES string of the molecule is FN1C(F)(F)C(F)(F)N(C(F)(F)F)C(F)(F)C1(F)F. The highest BCUT2D eigenvalue weighted by atomic mass is 19.4. The molecule has 0 spiro atoms. The summed E-state index contributed by atoms with van der Waals surface area (Å²) in [6.45, 7) is 0. The standard InChI is InChI=1S/C5F12N2/c6-1(7)3(10,11)19(17)4(12,13)2(8,9)18(1)5(14,15)16. The number of hydrogen-bond acceptors (Lipinski definition) is 2. The highest BCUT2D eigenvalue weighted by Crippen LogP contribution is 2.60. The molecule has 1 fully saturated rings. The van der Waals surface area contributed by atoms with Crippen LogP contribution in [-0.2, 0) is 0 Å². The van der Waals surface area contributed by atoms with Crippen LogP contribution in [0, 0.1) is 0 Å². The highest BCUT2D eigenvalue weighted by Gasteiger charge is 2.90. The zero-order valence-corrected chi connectivity index (χ0v) is 7.93. The van der Waals surface area contributed by atoms with Crippen LogP contribution in [0.15, 0.2) is 0 Å². The number of nitrogens with zero attached hydrogens (tertiary/aromatic N) is 2. The summed E-state index contributed by atoms with van der Waals surface area (Å²) in [7, 11) is 0. The molecule has 1 aliphatic heterocycles. The summed E-state index contributed by atoms with van der Waals surface area (Å²) >= 11 is 0. The molecule has 0 amide bonds. The molecule has 14 heteroatoms. The van der Waals surface area contributed by atoms with Crippen molar-refractivity contribution in [3.63, 3.8) is 0 Å². The van der Waals surface area contributed by atoms with Crippen LogP contribution in [0.1, 0.15) is 0 Å². The summed E-state index contributed by atoms with van der Waals surface area (Å²) in [6, 6.07) is -27.6. The first-order valence-corrected chi connectivity index (χ1v) is 3.87. The Balaban J connectivity index is 3.60. The predicted octanol–water partition coefficient (Wildman–Crippen LogP) is 3.38. The van der Waals surface area contributed by atoms with Crippen LogP contribution in [0.5, 0.6) is 0 Å². The van der Waals surface area contributed by atoms with Crippen molar-refractivity contribution in [2.45, 2.75) is 30.5 Å². The lowest BCUT2D eigenvalue weighted by atomic mass is 10.2. The molecule has 0 aromatic carbocycles. The van der Waals surface area contributed by atoms with E-state index in [0.717, 1.165) is 0 Å². The molecule has 0 aliphatic carbocycles. The second kappa shape index (κ2) is 3.59. The van der Waals surface area contributed by atoms with E-state index in [-0.39, 0.29) is 0 Å². The van der Waals surface area contributed by atoms with Gasteiger partial charge in [-0.25, -0.2) is 0 Å². The van der Waals surface area contributed by atoms with Crippen LogP contribution in [-0.4, -0.2) is 40.5 Å². The quantitative estimate of drug-likeness (QED) is 0.384. The van der Waals surface area contributed by atoms with Gasteiger partial charge in [0.25, 0.3) is 0 Å². The Morgan fingerprint density at radius 2 is 0.842 bits per heavy atom. The molecule has 0 aromatic heterocycles. The van der Waals surface area contributed by atoms with E-state index in [4.69, 9.17) is 0 Å². The molecule has 1 rings (SSSR count). The molecule has 0 radical (unpaired) electrons. The van der Waals surface area contributed by atoms with Crippen molar-refractivity contribution in [2.75, 3.05) is 0 Å². The molecule has 0 atom stereocenters. The highest BCUT2D eigenvalue weighted by molar-refractivity contribution is 5.00. The van der Waals surface area contributed by atoms with Gasteiger partial charge in [-0.05, 0) is 5.12 Å². The third-order valence-corrected chi connectivity index (χ3v) is 2.03. The fourth-order valence-corrected chi connectivity index (χ4v) is 1.18. The summed E-state index contributed by atoms with van der Waals surface area (Å²) in [6.07, 6.45) is -6.98. The minimum absolute atomic E-state index is 3.60. The molecule has 0 N–H and O–H groups in total. The van der Waals surface area contributed by atoms with Crippen LogP contribution in [0.25, 0.3) is 0 Å². The third kappa shape index (κ3) is 1.75. The maximum atomic E-state index is 12.6. The largest absolute Gasteiger partial charge is 0.469 e. The smallest absolute Gasteiger partial charge is 0.179 e. The van der Waals surface area contributed by atoms with E-state index in [9.17, 15) is 52.8 Å². The maximum absolute atomic E-state index is 12.6. The van der Waals surface area contributed by atoms with E-state index in [1.807, 2.05) is 0 Å². The Hall–Kier alpha value is -0.920. The molecule has 1 saturated heterocycles. The van der Waals surface area contributed by atoms with Gasteiger partial charge in [-0.3, -0.25) is 0 Å². The first-order chi connectivity index (χ1) is 8.02. The van der Waals surface area contributed by atoms with Gasteiger partial charge in [0.15, 0.2) is 0 Å². The normalized spacial score (nSPS) is 30.3. The first-order valence-electron chi connectivity index (χ1n) is 3.87. The first kappa shape index (κ1) is 16.1. The van der Waals surface area contributed by atoms with Crippen LogP contribution in [0.4, 0.5) is 52.8 Å². The van der Waals surface area contributed by atoms with Crippen LogP contribution in [0.2, 0.25) is 0 Å². The molecule has 0 aromatic rings. The summed E-state index contributed by atoms with van der Waals surface area (Å²) in [5, 5.41) is -3.60. The minimum Gasteiger partial charge on any atom is -0.179 e. The Morgan fingerprint density at radius 1 is 0.579 bits per heavy atom. The van der Waals surface area contributed by atoms with Crippen LogP contribution in [0.3, 0.4) is 0 Å². The Bertz CT molecular complexity index is 343. The van der Waals surface area contributed by atoms with Crippen molar-refractivity contribution < 1.29 is 52.8 Å². The second-order valence-electron chi connectivity index (χ2n) is 3.25. The second-order valence-corrected chi connectivity index (χ2v) is 3.25. The van der Waals surface area contributed by atoms with Gasteiger partial charge in [-0.15, -0.1) is 4.48 Å². The van der Waals surface area contributed by atoms with Crippen molar-refractivity contribution in [3.8, 4) is 0 Å². The summed E-state index contributed by atoms with van der Waals surface area (Å²) in [5.41, 5.74) is 0. The zero-order chi connectivity index (χ0) is 15.7. The minimum atomic E-state index is -6.98. The lowest BCUT2D eigenvalue weighted by molar-refractivity contribution is -0.574. The van der Waals surface area contributed by atoms with Crippen LogP contribution < -0.4 is 0 Å². The fourth-order valence-electron chi connectivity index (χ4n) is 1.18. The van der Waals surface area contributed by atoms with Crippen molar-refractivity contribution in [1.82, 2.24) is 10.0 Å². The van der Waals surface area contributed by atoms with E-state index in [1.54, 1.807) is 0 Å². The molecule has 2 nitrogen and oxygen atoms in total.